The Bertz CT molecular complexity index is 696. The number of aliphatic imine (C=N–C) groups is 1. The Morgan fingerprint density at radius 1 is 1.19 bits per heavy atom. The standard InChI is InChI=1S/C17H19N3O/c1-12-6-14(9-19-8-12)13-4-3-5-15(7-13)17(2)11-21-10-16(18)20-17/h3-9H,10-11H2,1-2H3,(H2,18,20). The predicted molar refractivity (Wildman–Crippen MR) is 84.2 cm³/mol. The van der Waals surface area contributed by atoms with Crippen molar-refractivity contribution in [1.82, 2.24) is 4.98 Å². The molecule has 1 aliphatic heterocycles. The lowest BCUT2D eigenvalue weighted by Crippen LogP contribution is -2.37. The first-order chi connectivity index (χ1) is 10.1. The van der Waals surface area contributed by atoms with Crippen LogP contribution in [-0.2, 0) is 10.3 Å². The molecule has 0 saturated carbocycles. The van der Waals surface area contributed by atoms with Crippen LogP contribution in [0.4, 0.5) is 0 Å². The van der Waals surface area contributed by atoms with Crippen LogP contribution < -0.4 is 5.73 Å². The molecule has 21 heavy (non-hydrogen) atoms. The van der Waals surface area contributed by atoms with Crippen LogP contribution in [0.5, 0.6) is 0 Å². The van der Waals surface area contributed by atoms with Crippen molar-refractivity contribution in [3.8, 4) is 11.1 Å². The Labute approximate surface area is 124 Å². The quantitative estimate of drug-likeness (QED) is 0.920. The lowest BCUT2D eigenvalue weighted by atomic mass is 9.90. The molecule has 1 unspecified atom stereocenters. The molecule has 0 amide bonds. The average molecular weight is 281 g/mol. The van der Waals surface area contributed by atoms with Gasteiger partial charge in [0.15, 0.2) is 0 Å². The molecular formula is C17H19N3O. The minimum atomic E-state index is -0.421. The number of nitrogens with two attached hydrogens (primary N) is 1. The van der Waals surface area contributed by atoms with Gasteiger partial charge in [-0.05, 0) is 42.7 Å². The van der Waals surface area contributed by atoms with E-state index in [9.17, 15) is 0 Å². The minimum absolute atomic E-state index is 0.414. The third-order valence-electron chi connectivity index (χ3n) is 3.72. The summed E-state index contributed by atoms with van der Waals surface area (Å²) in [6, 6.07) is 10.5. The first-order valence-corrected chi connectivity index (χ1v) is 7.01. The first-order valence-electron chi connectivity index (χ1n) is 7.01. The summed E-state index contributed by atoms with van der Waals surface area (Å²) in [5.41, 5.74) is 9.89. The van der Waals surface area contributed by atoms with Crippen LogP contribution in [0.15, 0.2) is 47.7 Å². The topological polar surface area (TPSA) is 60.5 Å². The number of aromatic nitrogens is 1. The molecule has 0 aliphatic carbocycles. The third-order valence-corrected chi connectivity index (χ3v) is 3.72. The van der Waals surface area contributed by atoms with E-state index in [0.29, 0.717) is 19.0 Å². The van der Waals surface area contributed by atoms with Crippen molar-refractivity contribution in [1.29, 1.82) is 0 Å². The molecule has 4 nitrogen and oxygen atoms in total. The van der Waals surface area contributed by atoms with Crippen LogP contribution in [0.25, 0.3) is 11.1 Å². The highest BCUT2D eigenvalue weighted by Gasteiger charge is 2.30. The molecule has 0 bridgehead atoms. The van der Waals surface area contributed by atoms with Crippen LogP contribution in [0, 0.1) is 6.92 Å². The van der Waals surface area contributed by atoms with Crippen molar-refractivity contribution in [2.24, 2.45) is 10.7 Å². The number of benzene rings is 1. The van der Waals surface area contributed by atoms with Gasteiger partial charge in [0.05, 0.1) is 6.61 Å². The van der Waals surface area contributed by atoms with E-state index in [1.54, 1.807) is 0 Å². The summed E-state index contributed by atoms with van der Waals surface area (Å²) in [4.78, 5) is 8.85. The number of hydrogen-bond donors (Lipinski definition) is 1. The maximum absolute atomic E-state index is 5.83. The maximum Gasteiger partial charge on any atom is 0.121 e. The van der Waals surface area contributed by atoms with E-state index < -0.39 is 5.54 Å². The summed E-state index contributed by atoms with van der Waals surface area (Å²) in [6.07, 6.45) is 3.73. The van der Waals surface area contributed by atoms with Crippen molar-refractivity contribution >= 4 is 5.84 Å². The summed E-state index contributed by atoms with van der Waals surface area (Å²) < 4.78 is 5.55. The van der Waals surface area contributed by atoms with E-state index in [-0.39, 0.29) is 0 Å². The van der Waals surface area contributed by atoms with Gasteiger partial charge in [-0.3, -0.25) is 9.98 Å². The summed E-state index contributed by atoms with van der Waals surface area (Å²) in [5.74, 6) is 0.548. The summed E-state index contributed by atoms with van der Waals surface area (Å²) in [5, 5.41) is 0. The fourth-order valence-electron chi connectivity index (χ4n) is 2.63. The van der Waals surface area contributed by atoms with Crippen LogP contribution in [-0.4, -0.2) is 24.0 Å². The summed E-state index contributed by atoms with van der Waals surface area (Å²) in [6.45, 7) is 5.05. The Morgan fingerprint density at radius 2 is 2.05 bits per heavy atom. The van der Waals surface area contributed by atoms with Crippen molar-refractivity contribution in [2.45, 2.75) is 19.4 Å². The smallest absolute Gasteiger partial charge is 0.121 e. The molecule has 1 aromatic carbocycles. The van der Waals surface area contributed by atoms with Crippen molar-refractivity contribution in [2.75, 3.05) is 13.2 Å². The van der Waals surface area contributed by atoms with Gasteiger partial charge in [0.25, 0.3) is 0 Å². The molecule has 3 rings (SSSR count). The van der Waals surface area contributed by atoms with Gasteiger partial charge in [-0.15, -0.1) is 0 Å². The monoisotopic (exact) mass is 281 g/mol. The number of nitrogens with zero attached hydrogens (tertiary/aromatic N) is 2. The fraction of sp³-hybridized carbons (Fsp3) is 0.294. The highest BCUT2D eigenvalue weighted by atomic mass is 16.5. The van der Waals surface area contributed by atoms with Crippen LogP contribution in [0.1, 0.15) is 18.1 Å². The van der Waals surface area contributed by atoms with Gasteiger partial charge in [-0.1, -0.05) is 18.2 Å². The second kappa shape index (κ2) is 5.30. The Kier molecular flexibility index (Phi) is 3.47. The van der Waals surface area contributed by atoms with Crippen molar-refractivity contribution in [3.63, 3.8) is 0 Å². The van der Waals surface area contributed by atoms with E-state index in [0.717, 1.165) is 22.3 Å². The largest absolute Gasteiger partial charge is 0.386 e. The van der Waals surface area contributed by atoms with E-state index in [1.807, 2.05) is 32.3 Å². The molecule has 2 aromatic rings. The molecule has 1 atom stereocenters. The highest BCUT2D eigenvalue weighted by Crippen LogP contribution is 2.31. The molecule has 0 spiro atoms. The average Bonchev–Trinajstić information content (AvgIpc) is 2.47. The van der Waals surface area contributed by atoms with Gasteiger partial charge in [0, 0.05) is 18.0 Å². The Morgan fingerprint density at radius 3 is 2.81 bits per heavy atom. The number of rotatable bonds is 2. The van der Waals surface area contributed by atoms with Gasteiger partial charge >= 0.3 is 0 Å². The summed E-state index contributed by atoms with van der Waals surface area (Å²) >= 11 is 0. The zero-order chi connectivity index (χ0) is 14.9. The van der Waals surface area contributed by atoms with Gasteiger partial charge < -0.3 is 10.5 Å². The number of pyridine rings is 1. The van der Waals surface area contributed by atoms with E-state index >= 15 is 0 Å². The lowest BCUT2D eigenvalue weighted by molar-refractivity contribution is 0.106. The minimum Gasteiger partial charge on any atom is -0.386 e. The molecule has 4 heteroatoms. The van der Waals surface area contributed by atoms with Crippen molar-refractivity contribution < 1.29 is 4.74 Å². The number of aryl methyl sites for hydroxylation is 1. The van der Waals surface area contributed by atoms with Gasteiger partial charge in [-0.2, -0.15) is 0 Å². The SMILES string of the molecule is Cc1cncc(-c2cccc(C3(C)COCC(N)=N3)c2)c1. The molecule has 108 valence electrons. The number of hydrogen-bond acceptors (Lipinski definition) is 4. The molecule has 0 fully saturated rings. The highest BCUT2D eigenvalue weighted by molar-refractivity contribution is 5.82. The Balaban J connectivity index is 2.03. The third kappa shape index (κ3) is 2.81. The molecular weight excluding hydrogens is 262 g/mol. The van der Waals surface area contributed by atoms with Crippen LogP contribution >= 0.6 is 0 Å². The van der Waals surface area contributed by atoms with Crippen LogP contribution in [0.3, 0.4) is 0 Å². The van der Waals surface area contributed by atoms with E-state index in [2.05, 4.69) is 34.2 Å². The molecule has 0 radical (unpaired) electrons. The molecule has 1 aliphatic rings. The normalized spacial score (nSPS) is 21.9. The molecule has 0 saturated heterocycles. The Hall–Kier alpha value is -2.20. The predicted octanol–water partition coefficient (Wildman–Crippen LogP) is 2.66. The first kappa shape index (κ1) is 13.8. The van der Waals surface area contributed by atoms with Gasteiger partial charge in [0.2, 0.25) is 0 Å². The maximum atomic E-state index is 5.83. The number of ether oxygens (including phenoxy) is 1. The van der Waals surface area contributed by atoms with Gasteiger partial charge in [0.1, 0.15) is 18.0 Å². The lowest BCUT2D eigenvalue weighted by Gasteiger charge is -2.30. The second-order valence-electron chi connectivity index (χ2n) is 5.70. The fourth-order valence-corrected chi connectivity index (χ4v) is 2.63. The number of amidine groups is 1. The van der Waals surface area contributed by atoms with E-state index in [1.165, 1.54) is 0 Å². The summed E-state index contributed by atoms with van der Waals surface area (Å²) in [7, 11) is 0. The van der Waals surface area contributed by atoms with Crippen LogP contribution in [0.2, 0.25) is 0 Å². The molecule has 2 N–H and O–H groups in total. The molecule has 2 heterocycles. The van der Waals surface area contributed by atoms with Gasteiger partial charge in [-0.25, -0.2) is 0 Å². The van der Waals surface area contributed by atoms with Crippen molar-refractivity contribution in [3.05, 3.63) is 53.9 Å². The zero-order valence-corrected chi connectivity index (χ0v) is 12.3. The zero-order valence-electron chi connectivity index (χ0n) is 12.3. The molecule has 1 aromatic heterocycles. The second-order valence-corrected chi connectivity index (χ2v) is 5.70. The van der Waals surface area contributed by atoms with E-state index in [4.69, 9.17) is 10.5 Å².